The SMILES string of the molecule is CC(C)(C)/C=C/c1ccc(C(Cc2ccc(C(=O)NCCS(=O)(=O)O)cc2)C(=O)Nc2cccc(-c3nc4ccccc4o3)c2)cc1. The number of carbonyl (C=O) groups is 2. The van der Waals surface area contributed by atoms with Crippen LogP contribution in [0.2, 0.25) is 0 Å². The lowest BCUT2D eigenvalue weighted by molar-refractivity contribution is -0.117. The van der Waals surface area contributed by atoms with Crippen molar-refractivity contribution in [2.75, 3.05) is 17.6 Å². The Morgan fingerprint density at radius 3 is 2.34 bits per heavy atom. The summed E-state index contributed by atoms with van der Waals surface area (Å²) in [4.78, 5) is 31.0. The topological polar surface area (TPSA) is 139 Å². The number of hydrogen-bond acceptors (Lipinski definition) is 6. The van der Waals surface area contributed by atoms with Gasteiger partial charge in [0.2, 0.25) is 11.8 Å². The van der Waals surface area contributed by atoms with E-state index >= 15 is 0 Å². The number of allylic oxidation sites excluding steroid dienone is 1. The molecular formula is C37H37N3O6S. The maximum atomic E-state index is 13.9. The third-order valence-corrected chi connectivity index (χ3v) is 8.12. The van der Waals surface area contributed by atoms with E-state index in [-0.39, 0.29) is 17.9 Å². The van der Waals surface area contributed by atoms with Crippen LogP contribution in [0.3, 0.4) is 0 Å². The first-order chi connectivity index (χ1) is 22.3. The van der Waals surface area contributed by atoms with Crippen molar-refractivity contribution in [3.8, 4) is 11.5 Å². The Balaban J connectivity index is 1.36. The molecule has 5 aromatic rings. The highest BCUT2D eigenvalue weighted by Crippen LogP contribution is 2.28. The van der Waals surface area contributed by atoms with Crippen LogP contribution in [-0.2, 0) is 21.3 Å². The Labute approximate surface area is 274 Å². The zero-order valence-electron chi connectivity index (χ0n) is 26.4. The molecule has 0 bridgehead atoms. The van der Waals surface area contributed by atoms with Gasteiger partial charge in [0.05, 0.1) is 11.7 Å². The minimum absolute atomic E-state index is 0.0348. The molecule has 0 aliphatic carbocycles. The van der Waals surface area contributed by atoms with Gasteiger partial charge in [-0.25, -0.2) is 4.98 Å². The molecule has 4 aromatic carbocycles. The summed E-state index contributed by atoms with van der Waals surface area (Å²) < 4.78 is 36.7. The zero-order valence-corrected chi connectivity index (χ0v) is 27.3. The van der Waals surface area contributed by atoms with Gasteiger partial charge >= 0.3 is 0 Å². The normalized spacial score (nSPS) is 12.7. The van der Waals surface area contributed by atoms with Gasteiger partial charge in [0.25, 0.3) is 16.0 Å². The third kappa shape index (κ3) is 9.48. The van der Waals surface area contributed by atoms with Crippen LogP contribution in [0.1, 0.15) is 53.7 Å². The fourth-order valence-electron chi connectivity index (χ4n) is 4.93. The lowest BCUT2D eigenvalue weighted by Gasteiger charge is -2.19. The fourth-order valence-corrected chi connectivity index (χ4v) is 5.29. The molecule has 0 fully saturated rings. The summed E-state index contributed by atoms with van der Waals surface area (Å²) in [6.07, 6.45) is 4.56. The van der Waals surface area contributed by atoms with Gasteiger partial charge < -0.3 is 15.1 Å². The van der Waals surface area contributed by atoms with Gasteiger partial charge in [0.15, 0.2) is 5.58 Å². The number of carbonyl (C=O) groups excluding carboxylic acids is 2. The van der Waals surface area contributed by atoms with Crippen molar-refractivity contribution in [3.63, 3.8) is 0 Å². The van der Waals surface area contributed by atoms with Gasteiger partial charge in [0.1, 0.15) is 5.52 Å². The summed E-state index contributed by atoms with van der Waals surface area (Å²) in [7, 11) is -4.18. The van der Waals surface area contributed by atoms with E-state index in [1.807, 2.05) is 72.8 Å². The molecular weight excluding hydrogens is 614 g/mol. The van der Waals surface area contributed by atoms with Crippen LogP contribution in [0.15, 0.2) is 108 Å². The van der Waals surface area contributed by atoms with Crippen LogP contribution >= 0.6 is 0 Å². The second-order valence-corrected chi connectivity index (χ2v) is 14.0. The highest BCUT2D eigenvalue weighted by Gasteiger charge is 2.22. The Bertz CT molecular complexity index is 1980. The molecule has 0 saturated heterocycles. The maximum absolute atomic E-state index is 13.9. The molecule has 0 radical (unpaired) electrons. The minimum Gasteiger partial charge on any atom is -0.436 e. The number of anilines is 1. The smallest absolute Gasteiger partial charge is 0.266 e. The van der Waals surface area contributed by atoms with E-state index in [9.17, 15) is 18.0 Å². The van der Waals surface area contributed by atoms with Crippen molar-refractivity contribution in [2.24, 2.45) is 5.41 Å². The van der Waals surface area contributed by atoms with E-state index in [1.165, 1.54) is 0 Å². The first-order valence-electron chi connectivity index (χ1n) is 15.2. The number of nitrogens with one attached hydrogen (secondary N) is 2. The number of oxazole rings is 1. The van der Waals surface area contributed by atoms with Gasteiger partial charge in [-0.15, -0.1) is 0 Å². The van der Waals surface area contributed by atoms with Gasteiger partial charge in [-0.2, -0.15) is 8.42 Å². The molecule has 0 saturated carbocycles. The summed E-state index contributed by atoms with van der Waals surface area (Å²) in [5.41, 5.74) is 5.81. The van der Waals surface area contributed by atoms with Crippen LogP contribution in [0.4, 0.5) is 5.69 Å². The van der Waals surface area contributed by atoms with Crippen molar-refractivity contribution in [3.05, 3.63) is 125 Å². The predicted octanol–water partition coefficient (Wildman–Crippen LogP) is 7.14. The number of amides is 2. The minimum atomic E-state index is -4.18. The largest absolute Gasteiger partial charge is 0.436 e. The van der Waals surface area contributed by atoms with Crippen molar-refractivity contribution < 1.29 is 27.0 Å². The molecule has 47 heavy (non-hydrogen) atoms. The molecule has 1 heterocycles. The van der Waals surface area contributed by atoms with Crippen LogP contribution in [0, 0.1) is 5.41 Å². The molecule has 0 spiro atoms. The van der Waals surface area contributed by atoms with Crippen LogP contribution in [-0.4, -0.2) is 42.1 Å². The first-order valence-corrected chi connectivity index (χ1v) is 16.8. The Morgan fingerprint density at radius 2 is 1.66 bits per heavy atom. The summed E-state index contributed by atoms with van der Waals surface area (Å²) in [6, 6.07) is 29.6. The van der Waals surface area contributed by atoms with E-state index in [0.717, 1.165) is 27.8 Å². The van der Waals surface area contributed by atoms with Crippen molar-refractivity contribution in [1.82, 2.24) is 10.3 Å². The second-order valence-electron chi connectivity index (χ2n) is 12.4. The lowest BCUT2D eigenvalue weighted by Crippen LogP contribution is -2.28. The van der Waals surface area contributed by atoms with Gasteiger partial charge in [-0.1, -0.05) is 87.5 Å². The second kappa shape index (κ2) is 14.1. The summed E-state index contributed by atoms with van der Waals surface area (Å²) in [5.74, 6) is -1.34. The van der Waals surface area contributed by atoms with E-state index in [0.29, 0.717) is 29.1 Å². The van der Waals surface area contributed by atoms with Crippen LogP contribution < -0.4 is 10.6 Å². The highest BCUT2D eigenvalue weighted by atomic mass is 32.2. The average molecular weight is 652 g/mol. The molecule has 0 aliphatic rings. The molecule has 2 amide bonds. The molecule has 9 nitrogen and oxygen atoms in total. The Morgan fingerprint density at radius 1 is 0.936 bits per heavy atom. The summed E-state index contributed by atoms with van der Waals surface area (Å²) >= 11 is 0. The number of aromatic nitrogens is 1. The van der Waals surface area contributed by atoms with Crippen molar-refractivity contribution in [1.29, 1.82) is 0 Å². The van der Waals surface area contributed by atoms with Crippen molar-refractivity contribution in [2.45, 2.75) is 33.1 Å². The predicted molar refractivity (Wildman–Crippen MR) is 185 cm³/mol. The fraction of sp³-hybridized carbons (Fsp3) is 0.216. The van der Waals surface area contributed by atoms with E-state index < -0.39 is 27.7 Å². The quantitative estimate of drug-likeness (QED) is 0.129. The number of fused-ring (bicyclic) bond motifs is 1. The van der Waals surface area contributed by atoms with Gasteiger partial charge in [-0.05, 0) is 71.0 Å². The maximum Gasteiger partial charge on any atom is 0.266 e. The average Bonchev–Trinajstić information content (AvgIpc) is 3.47. The standard InChI is InChI=1S/C37H37N3O6S/c1-37(2,3)20-19-25-11-15-27(16-12-25)31(23-26-13-17-28(18-14-26)34(41)38-21-22-47(43,44)45)35(42)39-30-8-6-7-29(24-30)36-40-32-9-4-5-10-33(32)46-36/h4-20,24,31H,21-23H2,1-3H3,(H,38,41)(H,39,42)(H,43,44,45)/b20-19+. The monoisotopic (exact) mass is 651 g/mol. The summed E-state index contributed by atoms with van der Waals surface area (Å²) in [6.45, 7) is 6.18. The molecule has 242 valence electrons. The van der Waals surface area contributed by atoms with Crippen molar-refractivity contribution >= 4 is 44.8 Å². The molecule has 1 atom stereocenters. The molecule has 0 aliphatic heterocycles. The van der Waals surface area contributed by atoms with Gasteiger partial charge in [0, 0.05) is 23.4 Å². The van der Waals surface area contributed by atoms with Crippen LogP contribution in [0.5, 0.6) is 0 Å². The van der Waals surface area contributed by atoms with E-state index in [4.69, 9.17) is 8.97 Å². The molecule has 5 rings (SSSR count). The van der Waals surface area contributed by atoms with Gasteiger partial charge in [-0.3, -0.25) is 14.1 Å². The Kier molecular flexibility index (Phi) is 10.0. The summed E-state index contributed by atoms with van der Waals surface area (Å²) in [5, 5.41) is 5.55. The number of hydrogen-bond donors (Lipinski definition) is 3. The third-order valence-electron chi connectivity index (χ3n) is 7.40. The highest BCUT2D eigenvalue weighted by molar-refractivity contribution is 7.85. The number of nitrogens with zero attached hydrogens (tertiary/aromatic N) is 1. The van der Waals surface area contributed by atoms with E-state index in [1.54, 1.807) is 24.3 Å². The first kappa shape index (κ1) is 33.3. The Hall–Kier alpha value is -5.06. The lowest BCUT2D eigenvalue weighted by atomic mass is 9.89. The molecule has 1 unspecified atom stereocenters. The molecule has 3 N–H and O–H groups in total. The van der Waals surface area contributed by atoms with Crippen LogP contribution in [0.25, 0.3) is 28.6 Å². The number of para-hydroxylation sites is 2. The molecule has 1 aromatic heterocycles. The molecule has 10 heteroatoms. The number of benzene rings is 4. The number of rotatable bonds is 11. The van der Waals surface area contributed by atoms with E-state index in [2.05, 4.69) is 48.5 Å². The zero-order chi connectivity index (χ0) is 33.6.